The van der Waals surface area contributed by atoms with Crippen LogP contribution in [0.2, 0.25) is 5.15 Å². The summed E-state index contributed by atoms with van der Waals surface area (Å²) in [5.41, 5.74) is 3.53. The highest BCUT2D eigenvalue weighted by atomic mass is 79.9. The molecular formula is C32H44BrClN6O6. The van der Waals surface area contributed by atoms with E-state index >= 15 is 0 Å². The quantitative estimate of drug-likeness (QED) is 0.109. The van der Waals surface area contributed by atoms with Crippen molar-refractivity contribution in [1.82, 2.24) is 29.1 Å². The summed E-state index contributed by atoms with van der Waals surface area (Å²) in [4.78, 5) is 17.3. The molecule has 0 spiro atoms. The normalized spacial score (nSPS) is 18.7. The molecule has 0 saturated carbocycles. The molecule has 6 heterocycles. The predicted octanol–water partition coefficient (Wildman–Crippen LogP) is 7.28. The van der Waals surface area contributed by atoms with E-state index in [-0.39, 0.29) is 24.7 Å². The molecule has 0 amide bonds. The molecule has 0 N–H and O–H groups in total. The second kappa shape index (κ2) is 17.0. The molecule has 2 fully saturated rings. The summed E-state index contributed by atoms with van der Waals surface area (Å²) in [5, 5.41) is 0.448. The third-order valence-corrected chi connectivity index (χ3v) is 8.21. The highest BCUT2D eigenvalue weighted by molar-refractivity contribution is 9.10. The molecule has 252 valence electrons. The minimum absolute atomic E-state index is 0.0866. The summed E-state index contributed by atoms with van der Waals surface area (Å²) >= 11 is 9.40. The van der Waals surface area contributed by atoms with Crippen molar-refractivity contribution in [1.29, 1.82) is 0 Å². The highest BCUT2D eigenvalue weighted by Crippen LogP contribution is 2.28. The number of aromatic nitrogens is 6. The fourth-order valence-electron chi connectivity index (χ4n) is 5.42. The second-order valence-electron chi connectivity index (χ2n) is 11.7. The Morgan fingerprint density at radius 1 is 0.761 bits per heavy atom. The molecule has 46 heavy (non-hydrogen) atoms. The van der Waals surface area contributed by atoms with Crippen LogP contribution in [0.5, 0.6) is 12.0 Å². The molecular weight excluding hydrogens is 680 g/mol. The summed E-state index contributed by atoms with van der Waals surface area (Å²) in [6.45, 7) is 11.8. The summed E-state index contributed by atoms with van der Waals surface area (Å²) in [6.07, 6.45) is 9.70. The van der Waals surface area contributed by atoms with Gasteiger partial charge in [0.2, 0.25) is 0 Å². The predicted molar refractivity (Wildman–Crippen MR) is 179 cm³/mol. The van der Waals surface area contributed by atoms with Gasteiger partial charge in [-0.2, -0.15) is 9.97 Å². The average Bonchev–Trinajstić information content (AvgIpc) is 3.60. The van der Waals surface area contributed by atoms with E-state index in [4.69, 9.17) is 40.0 Å². The SMILES string of the molecule is CC(C)n1c(OCCOC2CCCCO2)nc2cnc(Br)cc21.CC(C)n1c(OCCOC2CCCCO2)nc2cnc(Cl)cc21. The van der Waals surface area contributed by atoms with Crippen LogP contribution in [0, 0.1) is 0 Å². The van der Waals surface area contributed by atoms with Crippen LogP contribution < -0.4 is 9.47 Å². The van der Waals surface area contributed by atoms with Crippen LogP contribution >= 0.6 is 27.5 Å². The lowest BCUT2D eigenvalue weighted by molar-refractivity contribution is -0.165. The van der Waals surface area contributed by atoms with E-state index in [1.165, 1.54) is 0 Å². The number of halogens is 2. The first kappa shape index (κ1) is 34.8. The molecule has 2 aliphatic heterocycles. The Morgan fingerprint density at radius 2 is 1.26 bits per heavy atom. The van der Waals surface area contributed by atoms with Crippen molar-refractivity contribution < 1.29 is 28.4 Å². The van der Waals surface area contributed by atoms with Crippen LogP contribution in [0.1, 0.15) is 78.3 Å². The summed E-state index contributed by atoms with van der Waals surface area (Å²) in [5.74, 6) is 0. The average molecular weight is 724 g/mol. The van der Waals surface area contributed by atoms with Gasteiger partial charge < -0.3 is 28.4 Å². The Bertz CT molecular complexity index is 1420. The van der Waals surface area contributed by atoms with Crippen LogP contribution in [0.4, 0.5) is 0 Å². The van der Waals surface area contributed by atoms with Gasteiger partial charge in [-0.05, 0) is 88.2 Å². The third kappa shape index (κ3) is 9.29. The minimum Gasteiger partial charge on any atom is -0.462 e. The van der Waals surface area contributed by atoms with Crippen LogP contribution in [-0.2, 0) is 18.9 Å². The van der Waals surface area contributed by atoms with E-state index in [1.807, 2.05) is 16.7 Å². The number of ether oxygens (including phenoxy) is 6. The molecule has 2 atom stereocenters. The Kier molecular flexibility index (Phi) is 12.9. The fraction of sp³-hybridized carbons (Fsp3) is 0.625. The number of pyridine rings is 2. The van der Waals surface area contributed by atoms with Gasteiger partial charge in [0.25, 0.3) is 12.0 Å². The number of rotatable bonds is 12. The maximum absolute atomic E-state index is 5.99. The standard InChI is InChI=1S/C16H22BrN3O3.C16H22ClN3O3/c2*1-11(2)20-13-9-14(17)18-10-12(13)19-16(20)23-8-7-22-15-5-3-4-6-21-15/h2*9-11,15H,3-8H2,1-2H3. The van der Waals surface area contributed by atoms with Crippen molar-refractivity contribution in [3.8, 4) is 12.0 Å². The number of nitrogens with zero attached hydrogens (tertiary/aromatic N) is 6. The molecule has 4 aromatic heterocycles. The van der Waals surface area contributed by atoms with E-state index in [1.54, 1.807) is 12.4 Å². The molecule has 0 aromatic carbocycles. The topological polar surface area (TPSA) is 117 Å². The highest BCUT2D eigenvalue weighted by Gasteiger charge is 2.19. The van der Waals surface area contributed by atoms with Crippen LogP contribution in [-0.4, -0.2) is 81.3 Å². The zero-order valence-corrected chi connectivity index (χ0v) is 29.3. The molecule has 0 radical (unpaired) electrons. The zero-order valence-electron chi connectivity index (χ0n) is 27.0. The first-order valence-corrected chi connectivity index (χ1v) is 17.3. The van der Waals surface area contributed by atoms with E-state index in [9.17, 15) is 0 Å². The van der Waals surface area contributed by atoms with Crippen molar-refractivity contribution >= 4 is 49.6 Å². The van der Waals surface area contributed by atoms with Gasteiger partial charge in [-0.25, -0.2) is 9.97 Å². The van der Waals surface area contributed by atoms with E-state index in [0.29, 0.717) is 43.6 Å². The van der Waals surface area contributed by atoms with Gasteiger partial charge in [-0.1, -0.05) is 11.6 Å². The molecule has 2 aliphatic rings. The molecule has 2 unspecified atom stereocenters. The third-order valence-electron chi connectivity index (χ3n) is 7.57. The van der Waals surface area contributed by atoms with E-state index < -0.39 is 0 Å². The van der Waals surface area contributed by atoms with Gasteiger partial charge in [0.1, 0.15) is 34.0 Å². The smallest absolute Gasteiger partial charge is 0.297 e. The summed E-state index contributed by atoms with van der Waals surface area (Å²) in [7, 11) is 0. The zero-order chi connectivity index (χ0) is 32.5. The lowest BCUT2D eigenvalue weighted by Gasteiger charge is -2.22. The maximum Gasteiger partial charge on any atom is 0.297 e. The first-order chi connectivity index (χ1) is 22.3. The lowest BCUT2D eigenvalue weighted by atomic mass is 10.2. The maximum atomic E-state index is 5.99. The monoisotopic (exact) mass is 722 g/mol. The van der Waals surface area contributed by atoms with Crippen molar-refractivity contribution in [2.75, 3.05) is 39.6 Å². The lowest BCUT2D eigenvalue weighted by Crippen LogP contribution is -2.24. The number of imidazole rings is 2. The van der Waals surface area contributed by atoms with Gasteiger partial charge in [0.15, 0.2) is 12.6 Å². The number of fused-ring (bicyclic) bond motifs is 2. The van der Waals surface area contributed by atoms with Crippen molar-refractivity contribution in [3.05, 3.63) is 34.3 Å². The minimum atomic E-state index is -0.0979. The Labute approximate surface area is 283 Å². The molecule has 14 heteroatoms. The van der Waals surface area contributed by atoms with Gasteiger partial charge in [0.05, 0.1) is 36.6 Å². The van der Waals surface area contributed by atoms with Gasteiger partial charge >= 0.3 is 0 Å². The van der Waals surface area contributed by atoms with Crippen molar-refractivity contribution in [2.45, 2.75) is 90.9 Å². The van der Waals surface area contributed by atoms with Gasteiger partial charge in [-0.3, -0.25) is 9.13 Å². The van der Waals surface area contributed by atoms with Crippen LogP contribution in [0.15, 0.2) is 29.1 Å². The largest absolute Gasteiger partial charge is 0.462 e. The van der Waals surface area contributed by atoms with E-state index in [0.717, 1.165) is 78.4 Å². The van der Waals surface area contributed by atoms with Crippen molar-refractivity contribution in [2.24, 2.45) is 0 Å². The number of hydrogen-bond donors (Lipinski definition) is 0. The Morgan fingerprint density at radius 3 is 1.74 bits per heavy atom. The van der Waals surface area contributed by atoms with E-state index in [2.05, 4.69) is 68.1 Å². The number of hydrogen-bond acceptors (Lipinski definition) is 10. The fourth-order valence-corrected chi connectivity index (χ4v) is 5.89. The van der Waals surface area contributed by atoms with Crippen LogP contribution in [0.3, 0.4) is 0 Å². The molecule has 6 rings (SSSR count). The Hall–Kier alpha value is -2.55. The Balaban J connectivity index is 0.000000181. The van der Waals surface area contributed by atoms with Gasteiger partial charge in [0, 0.05) is 31.4 Å². The molecule has 4 aromatic rings. The molecule has 2 saturated heterocycles. The first-order valence-electron chi connectivity index (χ1n) is 16.1. The van der Waals surface area contributed by atoms with Crippen molar-refractivity contribution in [3.63, 3.8) is 0 Å². The van der Waals surface area contributed by atoms with Crippen LogP contribution in [0.25, 0.3) is 22.1 Å². The molecule has 0 aliphatic carbocycles. The molecule has 12 nitrogen and oxygen atoms in total. The summed E-state index contributed by atoms with van der Waals surface area (Å²) < 4.78 is 39.0. The second-order valence-corrected chi connectivity index (χ2v) is 12.9. The summed E-state index contributed by atoms with van der Waals surface area (Å²) in [6, 6.07) is 5.38. The van der Waals surface area contributed by atoms with Gasteiger partial charge in [-0.15, -0.1) is 0 Å². The molecule has 0 bridgehead atoms.